The molecule has 18 heavy (non-hydrogen) atoms. The molecule has 0 bridgehead atoms. The summed E-state index contributed by atoms with van der Waals surface area (Å²) < 4.78 is 0. The van der Waals surface area contributed by atoms with Gasteiger partial charge in [-0.15, -0.1) is 11.3 Å². The Balaban J connectivity index is 2.40. The molecule has 0 unspecified atom stereocenters. The molecule has 1 aromatic rings. The quantitative estimate of drug-likeness (QED) is 0.741. The van der Waals surface area contributed by atoms with Crippen molar-refractivity contribution >= 4 is 22.9 Å². The van der Waals surface area contributed by atoms with Crippen LogP contribution in [0.15, 0.2) is 11.4 Å². The highest BCUT2D eigenvalue weighted by Gasteiger charge is 2.19. The average molecular weight is 268 g/mol. The van der Waals surface area contributed by atoms with E-state index in [2.05, 4.69) is 26.1 Å². The molecule has 1 amide bonds. The second kappa shape index (κ2) is 6.78. The summed E-state index contributed by atoms with van der Waals surface area (Å²) in [5.41, 5.74) is 6.45. The Bertz CT molecular complexity index is 385. The Labute approximate surface area is 114 Å². The smallest absolute Gasteiger partial charge is 0.263 e. The fraction of sp³-hybridized carbons (Fsp3) is 0.643. The lowest BCUT2D eigenvalue weighted by Gasteiger charge is -2.24. The van der Waals surface area contributed by atoms with E-state index in [1.807, 2.05) is 5.38 Å². The molecule has 0 aliphatic heterocycles. The number of amides is 1. The van der Waals surface area contributed by atoms with E-state index >= 15 is 0 Å². The molecule has 0 fully saturated rings. The van der Waals surface area contributed by atoms with Crippen molar-refractivity contribution in [3.05, 3.63) is 16.3 Å². The van der Waals surface area contributed by atoms with Gasteiger partial charge in [-0.1, -0.05) is 40.0 Å². The molecule has 4 heteroatoms. The third kappa shape index (κ3) is 4.69. The van der Waals surface area contributed by atoms with Crippen molar-refractivity contribution in [3.8, 4) is 0 Å². The first-order valence-electron chi connectivity index (χ1n) is 6.57. The molecule has 0 saturated carbocycles. The molecule has 0 saturated heterocycles. The number of anilines is 1. The molecule has 1 aromatic heterocycles. The van der Waals surface area contributed by atoms with Crippen molar-refractivity contribution in [2.45, 2.75) is 46.5 Å². The van der Waals surface area contributed by atoms with Gasteiger partial charge in [0.1, 0.15) is 4.88 Å². The van der Waals surface area contributed by atoms with E-state index in [4.69, 9.17) is 5.73 Å². The second-order valence-corrected chi connectivity index (χ2v) is 6.43. The van der Waals surface area contributed by atoms with E-state index < -0.39 is 0 Å². The number of nitrogens with two attached hydrogens (primary N) is 1. The van der Waals surface area contributed by atoms with Crippen LogP contribution in [0.5, 0.6) is 0 Å². The van der Waals surface area contributed by atoms with Crippen LogP contribution in [0.2, 0.25) is 0 Å². The predicted octanol–water partition coefficient (Wildman–Crippen LogP) is 3.67. The van der Waals surface area contributed by atoms with Crippen LogP contribution < -0.4 is 11.1 Å². The van der Waals surface area contributed by atoms with Crippen molar-refractivity contribution in [2.24, 2.45) is 5.41 Å². The summed E-state index contributed by atoms with van der Waals surface area (Å²) in [5, 5.41) is 4.83. The van der Waals surface area contributed by atoms with E-state index in [0.29, 0.717) is 17.1 Å². The Kier molecular flexibility index (Phi) is 5.66. The first kappa shape index (κ1) is 15.0. The van der Waals surface area contributed by atoms with E-state index in [1.165, 1.54) is 30.6 Å². The van der Waals surface area contributed by atoms with Crippen molar-refractivity contribution < 1.29 is 4.79 Å². The fourth-order valence-corrected chi connectivity index (χ4v) is 2.58. The minimum absolute atomic E-state index is 0.0499. The minimum Gasteiger partial charge on any atom is -0.397 e. The fourth-order valence-electron chi connectivity index (χ4n) is 1.85. The van der Waals surface area contributed by atoms with Crippen molar-refractivity contribution in [3.63, 3.8) is 0 Å². The highest BCUT2D eigenvalue weighted by molar-refractivity contribution is 7.12. The number of unbranched alkanes of at least 4 members (excludes halogenated alkanes) is 2. The van der Waals surface area contributed by atoms with Gasteiger partial charge in [0.2, 0.25) is 0 Å². The molecule has 0 aromatic carbocycles. The molecule has 0 aliphatic rings. The van der Waals surface area contributed by atoms with Gasteiger partial charge in [0, 0.05) is 6.54 Å². The molecule has 0 atom stereocenters. The summed E-state index contributed by atoms with van der Waals surface area (Å²) in [6.45, 7) is 7.29. The van der Waals surface area contributed by atoms with Crippen LogP contribution in [0, 0.1) is 5.41 Å². The maximum Gasteiger partial charge on any atom is 0.263 e. The maximum atomic E-state index is 11.9. The van der Waals surface area contributed by atoms with Gasteiger partial charge in [-0.2, -0.15) is 0 Å². The number of nitrogen functional groups attached to an aromatic ring is 1. The Hall–Kier alpha value is -1.03. The molecular formula is C14H24N2OS. The number of carbonyl (C=O) groups excluding carboxylic acids is 1. The van der Waals surface area contributed by atoms with Crippen molar-refractivity contribution in [1.29, 1.82) is 0 Å². The summed E-state index contributed by atoms with van der Waals surface area (Å²) in [5.74, 6) is -0.0499. The van der Waals surface area contributed by atoms with Crippen LogP contribution in [0.25, 0.3) is 0 Å². The third-order valence-electron chi connectivity index (χ3n) is 3.09. The van der Waals surface area contributed by atoms with Gasteiger partial charge in [-0.05, 0) is 23.3 Å². The Morgan fingerprint density at radius 3 is 2.72 bits per heavy atom. The van der Waals surface area contributed by atoms with Crippen LogP contribution in [0.1, 0.15) is 56.1 Å². The molecule has 3 nitrogen and oxygen atoms in total. The lowest BCUT2D eigenvalue weighted by atomic mass is 9.87. The highest BCUT2D eigenvalue weighted by Crippen LogP contribution is 2.24. The monoisotopic (exact) mass is 268 g/mol. The lowest BCUT2D eigenvalue weighted by molar-refractivity contribution is 0.0939. The molecule has 1 rings (SSSR count). The average Bonchev–Trinajstić information content (AvgIpc) is 2.73. The SMILES string of the molecule is CCCCCC(C)(C)CNC(=O)c1sccc1N. The summed E-state index contributed by atoms with van der Waals surface area (Å²) >= 11 is 1.39. The standard InChI is InChI=1S/C14H24N2OS/c1-4-5-6-8-14(2,3)10-16-13(17)12-11(15)7-9-18-12/h7,9H,4-6,8,10,15H2,1-3H3,(H,16,17). The summed E-state index contributed by atoms with van der Waals surface area (Å²) in [4.78, 5) is 12.5. The van der Waals surface area contributed by atoms with E-state index in [0.717, 1.165) is 6.42 Å². The number of hydrogen-bond donors (Lipinski definition) is 2. The van der Waals surface area contributed by atoms with Crippen LogP contribution in [-0.4, -0.2) is 12.5 Å². The molecule has 3 N–H and O–H groups in total. The highest BCUT2D eigenvalue weighted by atomic mass is 32.1. The molecule has 102 valence electrons. The Morgan fingerprint density at radius 1 is 1.44 bits per heavy atom. The van der Waals surface area contributed by atoms with Gasteiger partial charge in [0.25, 0.3) is 5.91 Å². The van der Waals surface area contributed by atoms with Crippen molar-refractivity contribution in [1.82, 2.24) is 5.32 Å². The molecule has 1 heterocycles. The topological polar surface area (TPSA) is 55.1 Å². The first-order valence-corrected chi connectivity index (χ1v) is 7.45. The van der Waals surface area contributed by atoms with E-state index in [9.17, 15) is 4.79 Å². The molecule has 0 aliphatic carbocycles. The zero-order valence-electron chi connectivity index (χ0n) is 11.6. The van der Waals surface area contributed by atoms with Gasteiger partial charge in [-0.25, -0.2) is 0 Å². The van der Waals surface area contributed by atoms with Gasteiger partial charge in [0.15, 0.2) is 0 Å². The zero-order valence-corrected chi connectivity index (χ0v) is 12.4. The zero-order chi connectivity index (χ0) is 13.6. The van der Waals surface area contributed by atoms with Gasteiger partial charge in [-0.3, -0.25) is 4.79 Å². The first-order chi connectivity index (χ1) is 8.46. The number of hydrogen-bond acceptors (Lipinski definition) is 3. The summed E-state index contributed by atoms with van der Waals surface area (Å²) in [6, 6.07) is 1.77. The normalized spacial score (nSPS) is 11.5. The van der Waals surface area contributed by atoms with Crippen LogP contribution in [0.4, 0.5) is 5.69 Å². The molecule has 0 radical (unpaired) electrons. The lowest BCUT2D eigenvalue weighted by Crippen LogP contribution is -2.33. The largest absolute Gasteiger partial charge is 0.397 e. The summed E-state index contributed by atoms with van der Waals surface area (Å²) in [6.07, 6.45) is 4.85. The van der Waals surface area contributed by atoms with Crippen molar-refractivity contribution in [2.75, 3.05) is 12.3 Å². The molecular weight excluding hydrogens is 244 g/mol. The third-order valence-corrected chi connectivity index (χ3v) is 4.02. The number of carbonyl (C=O) groups is 1. The second-order valence-electron chi connectivity index (χ2n) is 5.51. The number of thiophene rings is 1. The van der Waals surface area contributed by atoms with Crippen LogP contribution in [0.3, 0.4) is 0 Å². The van der Waals surface area contributed by atoms with Gasteiger partial charge >= 0.3 is 0 Å². The van der Waals surface area contributed by atoms with Crippen LogP contribution >= 0.6 is 11.3 Å². The minimum atomic E-state index is -0.0499. The Morgan fingerprint density at radius 2 is 2.17 bits per heavy atom. The summed E-state index contributed by atoms with van der Waals surface area (Å²) in [7, 11) is 0. The predicted molar refractivity (Wildman–Crippen MR) is 79.0 cm³/mol. The van der Waals surface area contributed by atoms with Crippen LogP contribution in [-0.2, 0) is 0 Å². The van der Waals surface area contributed by atoms with E-state index in [-0.39, 0.29) is 11.3 Å². The maximum absolute atomic E-state index is 11.9. The van der Waals surface area contributed by atoms with Gasteiger partial charge < -0.3 is 11.1 Å². The van der Waals surface area contributed by atoms with E-state index in [1.54, 1.807) is 6.07 Å². The number of rotatable bonds is 7. The number of nitrogens with one attached hydrogen (secondary N) is 1. The van der Waals surface area contributed by atoms with Gasteiger partial charge in [0.05, 0.1) is 5.69 Å². The molecule has 0 spiro atoms.